The molecule has 1 aliphatic rings. The van der Waals surface area contributed by atoms with Gasteiger partial charge < -0.3 is 9.72 Å². The van der Waals surface area contributed by atoms with E-state index >= 15 is 0 Å². The number of rotatable bonds is 3. The third kappa shape index (κ3) is 3.35. The van der Waals surface area contributed by atoms with Crippen LogP contribution in [-0.2, 0) is 6.54 Å². The van der Waals surface area contributed by atoms with Gasteiger partial charge in [0.15, 0.2) is 0 Å². The molecule has 3 heterocycles. The van der Waals surface area contributed by atoms with Crippen molar-refractivity contribution in [2.45, 2.75) is 46.6 Å². The van der Waals surface area contributed by atoms with Crippen LogP contribution in [-0.4, -0.2) is 40.1 Å². The Labute approximate surface area is 126 Å². The fraction of sp³-hybridized carbons (Fsp3) is 0.625. The van der Waals surface area contributed by atoms with Crippen molar-refractivity contribution in [3.05, 3.63) is 17.6 Å². The van der Waals surface area contributed by atoms with Crippen molar-refractivity contribution in [3.8, 4) is 5.88 Å². The van der Waals surface area contributed by atoms with E-state index in [0.717, 1.165) is 17.6 Å². The van der Waals surface area contributed by atoms with Crippen molar-refractivity contribution >= 4 is 11.0 Å². The quantitative estimate of drug-likeness (QED) is 0.942. The number of H-pyrrole nitrogens is 1. The predicted octanol–water partition coefficient (Wildman–Crippen LogP) is 3.29. The third-order valence-electron chi connectivity index (χ3n) is 3.92. The summed E-state index contributed by atoms with van der Waals surface area (Å²) in [6.07, 6.45) is 5.54. The average Bonchev–Trinajstić information content (AvgIpc) is 2.87. The van der Waals surface area contributed by atoms with Gasteiger partial charge in [0.1, 0.15) is 11.8 Å². The summed E-state index contributed by atoms with van der Waals surface area (Å²) in [5.41, 5.74) is 4.32. The Morgan fingerprint density at radius 1 is 1.19 bits per heavy atom. The summed E-state index contributed by atoms with van der Waals surface area (Å²) in [6, 6.07) is 0. The maximum atomic E-state index is 5.29. The minimum absolute atomic E-state index is 0.623. The predicted molar refractivity (Wildman–Crippen MR) is 85.7 cm³/mol. The highest BCUT2D eigenvalue weighted by Gasteiger charge is 2.17. The summed E-state index contributed by atoms with van der Waals surface area (Å²) in [5.74, 6) is 0.623. The Morgan fingerprint density at radius 3 is 2.57 bits per heavy atom. The molecule has 0 spiro atoms. The molecule has 0 saturated carbocycles. The first-order chi connectivity index (χ1) is 10.3. The Bertz CT molecular complexity index is 573. The van der Waals surface area contributed by atoms with Crippen molar-refractivity contribution in [1.29, 1.82) is 0 Å². The smallest absolute Gasteiger partial charge is 0.241 e. The van der Waals surface area contributed by atoms with Crippen LogP contribution < -0.4 is 4.74 Å². The van der Waals surface area contributed by atoms with Crippen LogP contribution in [0.2, 0.25) is 0 Å². The molecule has 2 aromatic heterocycles. The molecule has 1 aliphatic heterocycles. The summed E-state index contributed by atoms with van der Waals surface area (Å²) in [4.78, 5) is 14.5. The number of likely N-dealkylation sites (tertiary alicyclic amines) is 1. The molecule has 5 nitrogen and oxygen atoms in total. The molecule has 21 heavy (non-hydrogen) atoms. The van der Waals surface area contributed by atoms with E-state index in [9.17, 15) is 0 Å². The first-order valence-electron chi connectivity index (χ1n) is 7.88. The molecular formula is C16H26N4O. The molecule has 1 saturated heterocycles. The SMILES string of the molecule is CC.COc1ncnc2c(C)c(CN3CCCCC3)[nH]c12. The molecule has 5 heteroatoms. The van der Waals surface area contributed by atoms with Crippen LogP contribution in [0.5, 0.6) is 5.88 Å². The number of nitrogens with one attached hydrogen (secondary N) is 1. The van der Waals surface area contributed by atoms with Gasteiger partial charge in [-0.15, -0.1) is 0 Å². The largest absolute Gasteiger partial charge is 0.479 e. The topological polar surface area (TPSA) is 54.0 Å². The van der Waals surface area contributed by atoms with Gasteiger partial charge in [0.2, 0.25) is 5.88 Å². The number of aryl methyl sites for hydroxylation is 1. The van der Waals surface area contributed by atoms with Crippen LogP contribution in [0.1, 0.15) is 44.4 Å². The van der Waals surface area contributed by atoms with Crippen LogP contribution >= 0.6 is 0 Å². The van der Waals surface area contributed by atoms with E-state index in [-0.39, 0.29) is 0 Å². The Balaban J connectivity index is 0.000000774. The van der Waals surface area contributed by atoms with Gasteiger partial charge in [0.05, 0.1) is 12.6 Å². The number of nitrogens with zero attached hydrogens (tertiary/aromatic N) is 3. The fourth-order valence-electron chi connectivity index (χ4n) is 2.81. The number of aromatic nitrogens is 3. The van der Waals surface area contributed by atoms with Crippen molar-refractivity contribution in [1.82, 2.24) is 19.9 Å². The monoisotopic (exact) mass is 290 g/mol. The second-order valence-corrected chi connectivity index (χ2v) is 5.17. The van der Waals surface area contributed by atoms with E-state index in [1.807, 2.05) is 13.8 Å². The number of ether oxygens (including phenoxy) is 1. The molecule has 0 aliphatic carbocycles. The normalized spacial score (nSPS) is 15.6. The summed E-state index contributed by atoms with van der Waals surface area (Å²) < 4.78 is 5.29. The maximum absolute atomic E-state index is 5.29. The van der Waals surface area contributed by atoms with Gasteiger partial charge in [-0.25, -0.2) is 4.98 Å². The lowest BCUT2D eigenvalue weighted by Crippen LogP contribution is -2.29. The van der Waals surface area contributed by atoms with E-state index in [0.29, 0.717) is 5.88 Å². The third-order valence-corrected chi connectivity index (χ3v) is 3.92. The van der Waals surface area contributed by atoms with Gasteiger partial charge in [-0.05, 0) is 38.4 Å². The minimum Gasteiger partial charge on any atom is -0.479 e. The standard InChI is InChI=1S/C14H20N4O.C2H6/c1-10-11(8-18-6-4-3-5-7-18)17-13-12(10)15-9-16-14(13)19-2;1-2/h9,17H,3-8H2,1-2H3;1-2H3. The first kappa shape index (κ1) is 15.8. The molecule has 0 aromatic carbocycles. The Hall–Kier alpha value is -1.62. The summed E-state index contributed by atoms with van der Waals surface area (Å²) >= 11 is 0. The van der Waals surface area contributed by atoms with Gasteiger partial charge in [-0.2, -0.15) is 4.98 Å². The number of hydrogen-bond acceptors (Lipinski definition) is 4. The van der Waals surface area contributed by atoms with E-state index in [1.165, 1.54) is 43.6 Å². The van der Waals surface area contributed by atoms with E-state index in [2.05, 4.69) is 26.8 Å². The zero-order valence-electron chi connectivity index (χ0n) is 13.6. The average molecular weight is 290 g/mol. The van der Waals surface area contributed by atoms with Gasteiger partial charge >= 0.3 is 0 Å². The molecule has 0 unspecified atom stereocenters. The highest BCUT2D eigenvalue weighted by molar-refractivity contribution is 5.84. The number of piperidine rings is 1. The van der Waals surface area contributed by atoms with Crippen LogP contribution in [0.4, 0.5) is 0 Å². The molecular weight excluding hydrogens is 264 g/mol. The summed E-state index contributed by atoms with van der Waals surface area (Å²) in [6.45, 7) is 9.46. The highest BCUT2D eigenvalue weighted by atomic mass is 16.5. The molecule has 116 valence electrons. The van der Waals surface area contributed by atoms with Gasteiger partial charge in [-0.1, -0.05) is 20.3 Å². The van der Waals surface area contributed by atoms with Gasteiger partial charge in [0.25, 0.3) is 0 Å². The van der Waals surface area contributed by atoms with Crippen LogP contribution in [0.15, 0.2) is 6.33 Å². The van der Waals surface area contributed by atoms with Crippen molar-refractivity contribution in [3.63, 3.8) is 0 Å². The van der Waals surface area contributed by atoms with E-state index < -0.39 is 0 Å². The first-order valence-corrected chi connectivity index (χ1v) is 7.88. The second-order valence-electron chi connectivity index (χ2n) is 5.17. The summed E-state index contributed by atoms with van der Waals surface area (Å²) in [7, 11) is 1.64. The summed E-state index contributed by atoms with van der Waals surface area (Å²) in [5, 5.41) is 0. The molecule has 1 N–H and O–H groups in total. The molecule has 0 atom stereocenters. The lowest BCUT2D eigenvalue weighted by molar-refractivity contribution is 0.218. The molecule has 0 amide bonds. The number of fused-ring (bicyclic) bond motifs is 1. The minimum atomic E-state index is 0.623. The van der Waals surface area contributed by atoms with Gasteiger partial charge in [0, 0.05) is 12.2 Å². The zero-order valence-corrected chi connectivity index (χ0v) is 13.6. The maximum Gasteiger partial charge on any atom is 0.241 e. The number of hydrogen-bond donors (Lipinski definition) is 1. The molecule has 3 rings (SSSR count). The van der Waals surface area contributed by atoms with Crippen LogP contribution in [0.3, 0.4) is 0 Å². The fourth-order valence-corrected chi connectivity index (χ4v) is 2.81. The molecule has 0 bridgehead atoms. The lowest BCUT2D eigenvalue weighted by Gasteiger charge is -2.26. The van der Waals surface area contributed by atoms with E-state index in [1.54, 1.807) is 13.4 Å². The molecule has 2 aromatic rings. The van der Waals surface area contributed by atoms with Crippen molar-refractivity contribution in [2.24, 2.45) is 0 Å². The number of aromatic amines is 1. The molecule has 1 fully saturated rings. The van der Waals surface area contributed by atoms with Crippen molar-refractivity contribution in [2.75, 3.05) is 20.2 Å². The van der Waals surface area contributed by atoms with Crippen LogP contribution in [0, 0.1) is 6.92 Å². The highest BCUT2D eigenvalue weighted by Crippen LogP contribution is 2.26. The number of methoxy groups -OCH3 is 1. The Morgan fingerprint density at radius 2 is 1.90 bits per heavy atom. The van der Waals surface area contributed by atoms with Crippen molar-refractivity contribution < 1.29 is 4.74 Å². The zero-order chi connectivity index (χ0) is 15.2. The van der Waals surface area contributed by atoms with E-state index in [4.69, 9.17) is 4.74 Å². The second kappa shape index (κ2) is 7.41. The lowest BCUT2D eigenvalue weighted by atomic mass is 10.1. The Kier molecular flexibility index (Phi) is 5.56. The molecule has 0 radical (unpaired) electrons. The van der Waals surface area contributed by atoms with Crippen LogP contribution in [0.25, 0.3) is 11.0 Å². The van der Waals surface area contributed by atoms with Gasteiger partial charge in [-0.3, -0.25) is 4.90 Å².